The van der Waals surface area contributed by atoms with Gasteiger partial charge in [0.2, 0.25) is 0 Å². The molecule has 0 spiro atoms. The van der Waals surface area contributed by atoms with E-state index in [9.17, 15) is 0 Å². The molecule has 0 aromatic heterocycles. The monoisotopic (exact) mass is 156 g/mol. The smallest absolute Gasteiger partial charge is 0.0323 e. The van der Waals surface area contributed by atoms with Gasteiger partial charge in [-0.2, -0.15) is 0 Å². The molecule has 0 saturated carbocycles. The Bertz CT molecular complexity index is 80.0. The van der Waals surface area contributed by atoms with Crippen LogP contribution in [0.1, 0.15) is 60.3 Å². The fraction of sp³-hybridized carbons (Fsp3) is 0.818. The van der Waals surface area contributed by atoms with Crippen molar-refractivity contribution in [1.82, 2.24) is 0 Å². The third-order valence-electron chi connectivity index (χ3n) is 1.52. The molecule has 0 aliphatic rings. The van der Waals surface area contributed by atoms with E-state index >= 15 is 0 Å². The lowest BCUT2D eigenvalue weighted by Crippen LogP contribution is -1.78. The van der Waals surface area contributed by atoms with Gasteiger partial charge in [-0.25, -0.2) is 0 Å². The second kappa shape index (κ2) is 12.4. The first kappa shape index (κ1) is 13.3. The maximum absolute atomic E-state index is 2.35. The van der Waals surface area contributed by atoms with Crippen LogP contribution in [0.15, 0.2) is 11.6 Å². The van der Waals surface area contributed by atoms with E-state index in [2.05, 4.69) is 26.8 Å². The summed E-state index contributed by atoms with van der Waals surface area (Å²) in [5.74, 6) is 0. The van der Waals surface area contributed by atoms with Crippen molar-refractivity contribution in [1.29, 1.82) is 0 Å². The van der Waals surface area contributed by atoms with Gasteiger partial charge >= 0.3 is 0 Å². The van der Waals surface area contributed by atoms with Crippen LogP contribution in [0.4, 0.5) is 0 Å². The van der Waals surface area contributed by atoms with E-state index in [4.69, 9.17) is 0 Å². The Hall–Kier alpha value is -0.260. The molecule has 0 unspecified atom stereocenters. The molecule has 0 aliphatic heterocycles. The van der Waals surface area contributed by atoms with Gasteiger partial charge in [0.15, 0.2) is 0 Å². The van der Waals surface area contributed by atoms with Crippen LogP contribution >= 0.6 is 0 Å². The van der Waals surface area contributed by atoms with E-state index in [0.29, 0.717) is 0 Å². The molecule has 0 radical (unpaired) electrons. The van der Waals surface area contributed by atoms with Crippen molar-refractivity contribution < 1.29 is 0 Å². The third kappa shape index (κ3) is 9.74. The Kier molecular flexibility index (Phi) is 15.1. The minimum atomic E-state index is 1.20. The van der Waals surface area contributed by atoms with Gasteiger partial charge in [-0.15, -0.1) is 0 Å². The first-order valence-corrected chi connectivity index (χ1v) is 5.03. The first-order chi connectivity index (χ1) is 5.35. The highest BCUT2D eigenvalue weighted by atomic mass is 13.9. The van der Waals surface area contributed by atoms with Crippen molar-refractivity contribution >= 4 is 0 Å². The summed E-state index contributed by atoms with van der Waals surface area (Å²) in [7, 11) is 0. The lowest BCUT2D eigenvalue weighted by atomic mass is 10.1. The molecular formula is C11H24. The van der Waals surface area contributed by atoms with Crippen LogP contribution in [-0.4, -0.2) is 0 Å². The van der Waals surface area contributed by atoms with E-state index in [1.54, 1.807) is 5.57 Å². The molecule has 0 heteroatoms. The van der Waals surface area contributed by atoms with Gasteiger partial charge in [0.05, 0.1) is 0 Å². The van der Waals surface area contributed by atoms with E-state index in [1.165, 1.54) is 25.7 Å². The lowest BCUT2D eigenvalue weighted by molar-refractivity contribution is 0.849. The molecule has 0 aromatic carbocycles. The minimum Gasteiger partial charge on any atom is -0.0856 e. The SMILES string of the molecule is CC.CC/C=C(\CC)CCC. The molecule has 0 N–H and O–H groups in total. The third-order valence-corrected chi connectivity index (χ3v) is 1.52. The zero-order valence-electron chi connectivity index (χ0n) is 8.91. The van der Waals surface area contributed by atoms with Crippen LogP contribution in [-0.2, 0) is 0 Å². The molecule has 0 nitrogen and oxygen atoms in total. The molecule has 0 aliphatic carbocycles. The maximum atomic E-state index is 2.35. The normalized spacial score (nSPS) is 10.5. The first-order valence-electron chi connectivity index (χ1n) is 5.03. The van der Waals surface area contributed by atoms with Gasteiger partial charge in [0, 0.05) is 0 Å². The van der Waals surface area contributed by atoms with E-state index in [0.717, 1.165) is 0 Å². The van der Waals surface area contributed by atoms with Crippen molar-refractivity contribution in [2.24, 2.45) is 0 Å². The number of rotatable bonds is 4. The summed E-state index contributed by atoms with van der Waals surface area (Å²) in [6.07, 6.45) is 7.37. The van der Waals surface area contributed by atoms with Gasteiger partial charge in [0.1, 0.15) is 0 Å². The van der Waals surface area contributed by atoms with Crippen LogP contribution in [0, 0.1) is 0 Å². The second-order valence-corrected chi connectivity index (χ2v) is 2.37. The van der Waals surface area contributed by atoms with Gasteiger partial charge in [-0.1, -0.05) is 52.7 Å². The lowest BCUT2D eigenvalue weighted by Gasteiger charge is -1.99. The Labute approximate surface area is 72.7 Å². The maximum Gasteiger partial charge on any atom is -0.0323 e. The van der Waals surface area contributed by atoms with Crippen molar-refractivity contribution in [2.75, 3.05) is 0 Å². The standard InChI is InChI=1S/C9H18.C2H6/c1-4-7-9(6-3)8-5-2;1-2/h7H,4-6,8H2,1-3H3;1-2H3/b9-7+;. The average Bonchev–Trinajstić information content (AvgIpc) is 2.08. The molecule has 0 saturated heterocycles. The van der Waals surface area contributed by atoms with Crippen LogP contribution in [0.5, 0.6) is 0 Å². The molecule has 0 fully saturated rings. The Balaban J connectivity index is 0. The predicted molar refractivity (Wildman–Crippen MR) is 54.9 cm³/mol. The summed E-state index contributed by atoms with van der Waals surface area (Å²) in [4.78, 5) is 0. The van der Waals surface area contributed by atoms with Crippen LogP contribution < -0.4 is 0 Å². The zero-order chi connectivity index (χ0) is 9.11. The van der Waals surface area contributed by atoms with E-state index < -0.39 is 0 Å². The quantitative estimate of drug-likeness (QED) is 0.523. The zero-order valence-corrected chi connectivity index (χ0v) is 8.91. The predicted octanol–water partition coefficient (Wildman–Crippen LogP) is 4.56. The number of hydrogen-bond donors (Lipinski definition) is 0. The minimum absolute atomic E-state index is 1.20. The molecule has 0 aromatic rings. The topological polar surface area (TPSA) is 0 Å². The Morgan fingerprint density at radius 1 is 1.09 bits per heavy atom. The summed E-state index contributed by atoms with van der Waals surface area (Å²) < 4.78 is 0. The molecule has 68 valence electrons. The summed E-state index contributed by atoms with van der Waals surface area (Å²) >= 11 is 0. The van der Waals surface area contributed by atoms with Crippen molar-refractivity contribution in [2.45, 2.75) is 60.3 Å². The molecule has 0 amide bonds. The number of hydrogen-bond acceptors (Lipinski definition) is 0. The molecule has 0 rings (SSSR count). The van der Waals surface area contributed by atoms with Gasteiger partial charge in [-0.05, 0) is 19.3 Å². The van der Waals surface area contributed by atoms with Crippen molar-refractivity contribution in [3.05, 3.63) is 11.6 Å². The average molecular weight is 156 g/mol. The molecule has 11 heavy (non-hydrogen) atoms. The van der Waals surface area contributed by atoms with Crippen LogP contribution in [0.25, 0.3) is 0 Å². The highest BCUT2D eigenvalue weighted by Crippen LogP contribution is 2.08. The van der Waals surface area contributed by atoms with Gasteiger partial charge in [-0.3, -0.25) is 0 Å². The largest absolute Gasteiger partial charge is 0.0856 e. The Morgan fingerprint density at radius 3 is 1.91 bits per heavy atom. The van der Waals surface area contributed by atoms with E-state index in [1.807, 2.05) is 13.8 Å². The van der Waals surface area contributed by atoms with Crippen molar-refractivity contribution in [3.8, 4) is 0 Å². The van der Waals surface area contributed by atoms with Crippen molar-refractivity contribution in [3.63, 3.8) is 0 Å². The fourth-order valence-electron chi connectivity index (χ4n) is 1.03. The summed E-state index contributed by atoms with van der Waals surface area (Å²) in [5.41, 5.74) is 1.63. The summed E-state index contributed by atoms with van der Waals surface area (Å²) in [5, 5.41) is 0. The molecule has 0 bridgehead atoms. The molecule has 0 atom stereocenters. The van der Waals surface area contributed by atoms with E-state index in [-0.39, 0.29) is 0 Å². The highest BCUT2D eigenvalue weighted by Gasteiger charge is 1.88. The summed E-state index contributed by atoms with van der Waals surface area (Å²) in [6, 6.07) is 0. The summed E-state index contributed by atoms with van der Waals surface area (Å²) in [6.45, 7) is 10.7. The highest BCUT2D eigenvalue weighted by molar-refractivity contribution is 4.99. The fourth-order valence-corrected chi connectivity index (χ4v) is 1.03. The Morgan fingerprint density at radius 2 is 1.64 bits per heavy atom. The molecular weight excluding hydrogens is 132 g/mol. The molecule has 0 heterocycles. The number of allylic oxidation sites excluding steroid dienone is 2. The van der Waals surface area contributed by atoms with Gasteiger partial charge < -0.3 is 0 Å². The van der Waals surface area contributed by atoms with Crippen LogP contribution in [0.3, 0.4) is 0 Å². The van der Waals surface area contributed by atoms with Gasteiger partial charge in [0.25, 0.3) is 0 Å². The second-order valence-electron chi connectivity index (χ2n) is 2.37. The van der Waals surface area contributed by atoms with Crippen LogP contribution in [0.2, 0.25) is 0 Å².